The van der Waals surface area contributed by atoms with Gasteiger partial charge in [-0.1, -0.05) is 17.7 Å². The van der Waals surface area contributed by atoms with Crippen LogP contribution in [0, 0.1) is 19.3 Å². The highest BCUT2D eigenvalue weighted by atomic mass is 16.5. The molecule has 0 amide bonds. The maximum Gasteiger partial charge on any atom is 0.122 e. The van der Waals surface area contributed by atoms with Gasteiger partial charge in [0.2, 0.25) is 0 Å². The monoisotopic (exact) mass is 236 g/mol. The van der Waals surface area contributed by atoms with Gasteiger partial charge < -0.3 is 15.2 Å². The van der Waals surface area contributed by atoms with Crippen molar-refractivity contribution in [1.29, 1.82) is 5.41 Å². The van der Waals surface area contributed by atoms with Crippen LogP contribution in [0.5, 0.6) is 5.75 Å². The molecule has 0 aliphatic carbocycles. The summed E-state index contributed by atoms with van der Waals surface area (Å²) in [4.78, 5) is 0. The molecule has 0 fully saturated rings. The zero-order chi connectivity index (χ0) is 12.8. The number of aryl methyl sites for hydroxylation is 2. The lowest BCUT2D eigenvalue weighted by Crippen LogP contribution is -2.29. The van der Waals surface area contributed by atoms with Crippen LogP contribution in [0.25, 0.3) is 0 Å². The molecule has 0 aromatic heterocycles. The molecule has 0 bridgehead atoms. The van der Waals surface area contributed by atoms with E-state index >= 15 is 0 Å². The number of nitrogens with two attached hydrogens (primary N) is 1. The second-order valence-electron chi connectivity index (χ2n) is 4.09. The summed E-state index contributed by atoms with van der Waals surface area (Å²) >= 11 is 0. The largest absolute Gasteiger partial charge is 0.491 e. The Morgan fingerprint density at radius 1 is 1.35 bits per heavy atom. The number of rotatable bonds is 6. The maximum atomic E-state index is 7.17. The van der Waals surface area contributed by atoms with E-state index in [0.29, 0.717) is 13.2 Å². The molecule has 17 heavy (non-hydrogen) atoms. The predicted octanol–water partition coefficient (Wildman–Crippen LogP) is 2.02. The maximum absolute atomic E-state index is 7.17. The first kappa shape index (κ1) is 13.5. The van der Waals surface area contributed by atoms with Crippen LogP contribution in [-0.2, 0) is 4.74 Å². The summed E-state index contributed by atoms with van der Waals surface area (Å²) in [5.41, 5.74) is 7.62. The molecule has 4 heteroatoms. The Morgan fingerprint density at radius 3 is 2.65 bits per heavy atom. The molecule has 0 radical (unpaired) electrons. The molecule has 0 heterocycles. The van der Waals surface area contributed by atoms with Crippen molar-refractivity contribution < 1.29 is 9.47 Å². The van der Waals surface area contributed by atoms with E-state index in [0.717, 1.165) is 11.3 Å². The average molecular weight is 236 g/mol. The van der Waals surface area contributed by atoms with Gasteiger partial charge in [-0.2, -0.15) is 0 Å². The Morgan fingerprint density at radius 2 is 2.06 bits per heavy atom. The summed E-state index contributed by atoms with van der Waals surface area (Å²) in [7, 11) is 0. The van der Waals surface area contributed by atoms with Gasteiger partial charge in [0.15, 0.2) is 0 Å². The molecule has 1 unspecified atom stereocenters. The van der Waals surface area contributed by atoms with Gasteiger partial charge in [0.1, 0.15) is 24.3 Å². The van der Waals surface area contributed by atoms with Gasteiger partial charge in [0.25, 0.3) is 0 Å². The predicted molar refractivity (Wildman–Crippen MR) is 68.7 cm³/mol. The molecule has 4 nitrogen and oxygen atoms in total. The fourth-order valence-corrected chi connectivity index (χ4v) is 1.43. The molecule has 1 aromatic rings. The Balaban J connectivity index is 2.34. The average Bonchev–Trinajstić information content (AvgIpc) is 2.26. The third kappa shape index (κ3) is 4.44. The summed E-state index contributed by atoms with van der Waals surface area (Å²) in [6.07, 6.45) is -0.349. The first-order valence-corrected chi connectivity index (χ1v) is 5.66. The van der Waals surface area contributed by atoms with Crippen molar-refractivity contribution in [3.05, 3.63) is 29.3 Å². The van der Waals surface area contributed by atoms with Crippen LogP contribution >= 0.6 is 0 Å². The molecular formula is C13H20N2O2. The van der Waals surface area contributed by atoms with E-state index in [1.54, 1.807) is 6.92 Å². The van der Waals surface area contributed by atoms with Crippen LogP contribution in [0.1, 0.15) is 18.1 Å². The molecule has 1 aromatic carbocycles. The van der Waals surface area contributed by atoms with Crippen molar-refractivity contribution in [3.63, 3.8) is 0 Å². The van der Waals surface area contributed by atoms with Gasteiger partial charge >= 0.3 is 0 Å². The van der Waals surface area contributed by atoms with Crippen molar-refractivity contribution in [3.8, 4) is 5.75 Å². The van der Waals surface area contributed by atoms with E-state index < -0.39 is 0 Å². The number of ether oxygens (including phenoxy) is 2. The lowest BCUT2D eigenvalue weighted by atomic mass is 10.1. The van der Waals surface area contributed by atoms with Crippen LogP contribution in [0.3, 0.4) is 0 Å². The fourth-order valence-electron chi connectivity index (χ4n) is 1.43. The van der Waals surface area contributed by atoms with E-state index in [-0.39, 0.29) is 11.9 Å². The van der Waals surface area contributed by atoms with E-state index in [4.69, 9.17) is 20.6 Å². The smallest absolute Gasteiger partial charge is 0.122 e. The van der Waals surface area contributed by atoms with Crippen LogP contribution < -0.4 is 10.5 Å². The SMILES string of the molecule is Cc1ccc(OCCOC(C)C(=N)N)c(C)c1. The standard InChI is InChI=1S/C13H20N2O2/c1-9-4-5-12(10(2)8-9)17-7-6-16-11(3)13(14)15/h4-5,8,11H,6-7H2,1-3H3,(H3,14,15). The highest BCUT2D eigenvalue weighted by Gasteiger charge is 2.05. The molecule has 0 aliphatic heterocycles. The number of amidine groups is 1. The number of benzene rings is 1. The fraction of sp³-hybridized carbons (Fsp3) is 0.462. The highest BCUT2D eigenvalue weighted by Crippen LogP contribution is 2.18. The number of hydrogen-bond donors (Lipinski definition) is 2. The van der Waals surface area contributed by atoms with Gasteiger partial charge in [-0.05, 0) is 32.4 Å². The summed E-state index contributed by atoms with van der Waals surface area (Å²) < 4.78 is 10.9. The van der Waals surface area contributed by atoms with Crippen molar-refractivity contribution in [1.82, 2.24) is 0 Å². The second-order valence-corrected chi connectivity index (χ2v) is 4.09. The van der Waals surface area contributed by atoms with Gasteiger partial charge in [0, 0.05) is 0 Å². The molecule has 0 saturated heterocycles. The molecule has 1 atom stereocenters. The quantitative estimate of drug-likeness (QED) is 0.451. The van der Waals surface area contributed by atoms with Gasteiger partial charge in [-0.25, -0.2) is 0 Å². The van der Waals surface area contributed by atoms with Crippen LogP contribution in [-0.4, -0.2) is 25.2 Å². The topological polar surface area (TPSA) is 68.3 Å². The lowest BCUT2D eigenvalue weighted by Gasteiger charge is -2.13. The molecule has 0 saturated carbocycles. The highest BCUT2D eigenvalue weighted by molar-refractivity contribution is 5.81. The van der Waals surface area contributed by atoms with Gasteiger partial charge in [0.05, 0.1) is 6.61 Å². The minimum atomic E-state index is -0.349. The summed E-state index contributed by atoms with van der Waals surface area (Å²) in [5.74, 6) is 0.909. The second kappa shape index (κ2) is 6.25. The first-order valence-electron chi connectivity index (χ1n) is 5.66. The third-order valence-electron chi connectivity index (χ3n) is 2.48. The van der Waals surface area contributed by atoms with Crippen molar-refractivity contribution in [2.45, 2.75) is 26.9 Å². The van der Waals surface area contributed by atoms with E-state index in [1.165, 1.54) is 5.56 Å². The van der Waals surface area contributed by atoms with Crippen molar-refractivity contribution in [2.24, 2.45) is 5.73 Å². The van der Waals surface area contributed by atoms with Crippen LogP contribution in [0.4, 0.5) is 0 Å². The summed E-state index contributed by atoms with van der Waals surface area (Å²) in [6.45, 7) is 6.70. The van der Waals surface area contributed by atoms with Crippen molar-refractivity contribution >= 4 is 5.84 Å². The van der Waals surface area contributed by atoms with E-state index in [1.807, 2.05) is 19.1 Å². The number of nitrogens with one attached hydrogen (secondary N) is 1. The summed E-state index contributed by atoms with van der Waals surface area (Å²) in [6, 6.07) is 6.05. The molecule has 0 aliphatic rings. The van der Waals surface area contributed by atoms with E-state index in [2.05, 4.69) is 13.0 Å². The van der Waals surface area contributed by atoms with Crippen LogP contribution in [0.15, 0.2) is 18.2 Å². The lowest BCUT2D eigenvalue weighted by molar-refractivity contribution is 0.0792. The Kier molecular flexibility index (Phi) is 4.97. The zero-order valence-corrected chi connectivity index (χ0v) is 10.6. The minimum Gasteiger partial charge on any atom is -0.491 e. The Hall–Kier alpha value is -1.55. The zero-order valence-electron chi connectivity index (χ0n) is 10.6. The van der Waals surface area contributed by atoms with E-state index in [9.17, 15) is 0 Å². The van der Waals surface area contributed by atoms with Gasteiger partial charge in [-0.15, -0.1) is 0 Å². The van der Waals surface area contributed by atoms with Crippen LogP contribution in [0.2, 0.25) is 0 Å². The molecular weight excluding hydrogens is 216 g/mol. The Bertz CT molecular complexity index is 391. The molecule has 3 N–H and O–H groups in total. The minimum absolute atomic E-state index is 0.0384. The molecule has 94 valence electrons. The van der Waals surface area contributed by atoms with Crippen molar-refractivity contribution in [2.75, 3.05) is 13.2 Å². The Labute approximate surface area is 102 Å². The summed E-state index contributed by atoms with van der Waals surface area (Å²) in [5, 5.41) is 7.17. The normalized spacial score (nSPS) is 12.2. The molecule has 1 rings (SSSR count). The number of hydrogen-bond acceptors (Lipinski definition) is 3. The third-order valence-corrected chi connectivity index (χ3v) is 2.48. The molecule has 0 spiro atoms. The first-order chi connectivity index (χ1) is 8.00. The van der Waals surface area contributed by atoms with Gasteiger partial charge in [-0.3, -0.25) is 5.41 Å².